The maximum atomic E-state index is 13.0. The van der Waals surface area contributed by atoms with Crippen LogP contribution >= 0.6 is 0 Å². The Labute approximate surface area is 193 Å². The van der Waals surface area contributed by atoms with Crippen LogP contribution in [0.15, 0.2) is 48.5 Å². The summed E-state index contributed by atoms with van der Waals surface area (Å²) < 4.78 is 10.6. The van der Waals surface area contributed by atoms with Gasteiger partial charge in [0.2, 0.25) is 11.7 Å². The lowest BCUT2D eigenvalue weighted by Gasteiger charge is -2.29. The maximum absolute atomic E-state index is 13.0. The number of ether oxygens (including phenoxy) is 2. The second-order valence-corrected chi connectivity index (χ2v) is 8.02. The summed E-state index contributed by atoms with van der Waals surface area (Å²) in [5.74, 6) is -0.0225. The number of benzene rings is 2. The van der Waals surface area contributed by atoms with Gasteiger partial charge in [-0.25, -0.2) is 0 Å². The number of hydrogen-bond donors (Lipinski definition) is 1. The second-order valence-electron chi connectivity index (χ2n) is 8.02. The average Bonchev–Trinajstić information content (AvgIpc) is 2.81. The number of methoxy groups -OCH3 is 1. The first-order valence-corrected chi connectivity index (χ1v) is 10.8. The number of carbonyl (C=O) groups is 2. The van der Waals surface area contributed by atoms with Gasteiger partial charge in [0, 0.05) is 25.2 Å². The molecular weight excluding hydrogens is 426 g/mol. The molecule has 1 atom stereocenters. The summed E-state index contributed by atoms with van der Waals surface area (Å²) in [5.41, 5.74) is 0.849. The molecule has 0 aromatic heterocycles. The van der Waals surface area contributed by atoms with Crippen molar-refractivity contribution in [3.63, 3.8) is 0 Å². The van der Waals surface area contributed by atoms with E-state index in [9.17, 15) is 19.7 Å². The quantitative estimate of drug-likeness (QED) is 0.387. The molecule has 0 heterocycles. The zero-order valence-electron chi connectivity index (χ0n) is 19.4. The highest BCUT2D eigenvalue weighted by Gasteiger charge is 2.26. The normalized spacial score (nSPS) is 11.5. The van der Waals surface area contributed by atoms with Gasteiger partial charge in [-0.15, -0.1) is 0 Å². The predicted molar refractivity (Wildman–Crippen MR) is 124 cm³/mol. The van der Waals surface area contributed by atoms with E-state index in [2.05, 4.69) is 5.32 Å². The monoisotopic (exact) mass is 457 g/mol. The summed E-state index contributed by atoms with van der Waals surface area (Å²) in [6, 6.07) is 13.0. The molecule has 0 bridgehead atoms. The molecular formula is C24H31N3O6. The highest BCUT2D eigenvalue weighted by Crippen LogP contribution is 2.30. The number of carbonyl (C=O) groups excluding carboxylic acids is 2. The van der Waals surface area contributed by atoms with E-state index in [1.807, 2.05) is 44.2 Å². The molecule has 9 heteroatoms. The van der Waals surface area contributed by atoms with Gasteiger partial charge in [-0.05, 0) is 30.9 Å². The lowest BCUT2D eigenvalue weighted by atomic mass is 10.1. The SMILES string of the molecule is COc1cc(OCC(=O)N(CCc2ccccc2)[C@H](C)C(=O)NCC(C)C)ccc1[N+](=O)[O-]. The molecule has 0 radical (unpaired) electrons. The number of rotatable bonds is 12. The van der Waals surface area contributed by atoms with Crippen molar-refractivity contribution in [1.82, 2.24) is 10.2 Å². The van der Waals surface area contributed by atoms with E-state index in [4.69, 9.17) is 9.47 Å². The molecule has 0 aliphatic carbocycles. The van der Waals surface area contributed by atoms with Crippen LogP contribution in [0.25, 0.3) is 0 Å². The zero-order chi connectivity index (χ0) is 24.4. The minimum Gasteiger partial charge on any atom is -0.490 e. The van der Waals surface area contributed by atoms with Crippen LogP contribution in [0, 0.1) is 16.0 Å². The van der Waals surface area contributed by atoms with Gasteiger partial charge in [0.05, 0.1) is 12.0 Å². The average molecular weight is 458 g/mol. The summed E-state index contributed by atoms with van der Waals surface area (Å²) in [5, 5.41) is 13.9. The Kier molecular flexibility index (Phi) is 9.65. The summed E-state index contributed by atoms with van der Waals surface area (Å²) in [6.07, 6.45) is 0.583. The molecule has 33 heavy (non-hydrogen) atoms. The summed E-state index contributed by atoms with van der Waals surface area (Å²) in [4.78, 5) is 37.7. The fraction of sp³-hybridized carbons (Fsp3) is 0.417. The summed E-state index contributed by atoms with van der Waals surface area (Å²) >= 11 is 0. The predicted octanol–water partition coefficient (Wildman–Crippen LogP) is 3.21. The van der Waals surface area contributed by atoms with Crippen molar-refractivity contribution in [2.45, 2.75) is 33.2 Å². The van der Waals surface area contributed by atoms with Gasteiger partial charge in [0.25, 0.3) is 5.91 Å². The minimum atomic E-state index is -0.685. The van der Waals surface area contributed by atoms with E-state index in [0.717, 1.165) is 5.56 Å². The number of hydrogen-bond acceptors (Lipinski definition) is 6. The standard InChI is InChI=1S/C24H31N3O6/c1-17(2)15-25-24(29)18(3)26(13-12-19-8-6-5-7-9-19)23(28)16-33-20-10-11-21(27(30)31)22(14-20)32-4/h5-11,14,17-18H,12-13,15-16H2,1-4H3,(H,25,29)/t18-/m1/s1. The van der Waals surface area contributed by atoms with Gasteiger partial charge in [0.15, 0.2) is 6.61 Å². The van der Waals surface area contributed by atoms with Crippen LogP contribution in [0.2, 0.25) is 0 Å². The fourth-order valence-corrected chi connectivity index (χ4v) is 3.15. The molecule has 2 rings (SSSR count). The molecule has 9 nitrogen and oxygen atoms in total. The van der Waals surface area contributed by atoms with Gasteiger partial charge in [0.1, 0.15) is 11.8 Å². The first kappa shape index (κ1) is 25.6. The molecule has 0 saturated carbocycles. The van der Waals surface area contributed by atoms with Crippen LogP contribution in [-0.4, -0.2) is 54.5 Å². The topological polar surface area (TPSA) is 111 Å². The van der Waals surface area contributed by atoms with Crippen molar-refractivity contribution in [2.24, 2.45) is 5.92 Å². The van der Waals surface area contributed by atoms with Crippen molar-refractivity contribution in [1.29, 1.82) is 0 Å². The third-order valence-electron chi connectivity index (χ3n) is 5.05. The Morgan fingerprint density at radius 2 is 1.82 bits per heavy atom. The maximum Gasteiger partial charge on any atom is 0.311 e. The molecule has 0 aliphatic rings. The van der Waals surface area contributed by atoms with Crippen LogP contribution in [0.3, 0.4) is 0 Å². The Morgan fingerprint density at radius 3 is 2.42 bits per heavy atom. The summed E-state index contributed by atoms with van der Waals surface area (Å²) in [7, 11) is 1.32. The van der Waals surface area contributed by atoms with Crippen LogP contribution in [-0.2, 0) is 16.0 Å². The number of nitro groups is 1. The van der Waals surface area contributed by atoms with Gasteiger partial charge < -0.3 is 19.7 Å². The summed E-state index contributed by atoms with van der Waals surface area (Å²) in [6.45, 7) is 6.21. The molecule has 0 spiro atoms. The molecule has 2 amide bonds. The Balaban J connectivity index is 2.11. The lowest BCUT2D eigenvalue weighted by molar-refractivity contribution is -0.385. The van der Waals surface area contributed by atoms with Gasteiger partial charge in [-0.1, -0.05) is 44.2 Å². The molecule has 0 aliphatic heterocycles. The zero-order valence-corrected chi connectivity index (χ0v) is 19.4. The fourth-order valence-electron chi connectivity index (χ4n) is 3.15. The van der Waals surface area contributed by atoms with Crippen molar-refractivity contribution < 1.29 is 24.0 Å². The van der Waals surface area contributed by atoms with Crippen molar-refractivity contribution >= 4 is 17.5 Å². The molecule has 0 fully saturated rings. The molecule has 1 N–H and O–H groups in total. The molecule has 0 saturated heterocycles. The smallest absolute Gasteiger partial charge is 0.311 e. The van der Waals surface area contributed by atoms with Crippen LogP contribution in [0.4, 0.5) is 5.69 Å². The first-order valence-electron chi connectivity index (χ1n) is 10.8. The van der Waals surface area contributed by atoms with E-state index < -0.39 is 11.0 Å². The molecule has 2 aromatic carbocycles. The van der Waals surface area contributed by atoms with Crippen LogP contribution < -0.4 is 14.8 Å². The van der Waals surface area contributed by atoms with E-state index in [-0.39, 0.29) is 41.5 Å². The minimum absolute atomic E-state index is 0.0345. The van der Waals surface area contributed by atoms with E-state index in [0.29, 0.717) is 19.5 Å². The van der Waals surface area contributed by atoms with E-state index in [1.165, 1.54) is 30.2 Å². The second kappa shape index (κ2) is 12.4. The third kappa shape index (κ3) is 7.78. The van der Waals surface area contributed by atoms with Gasteiger partial charge in [-0.3, -0.25) is 19.7 Å². The van der Waals surface area contributed by atoms with Crippen LogP contribution in [0.1, 0.15) is 26.3 Å². The Morgan fingerprint density at radius 1 is 1.12 bits per heavy atom. The highest BCUT2D eigenvalue weighted by molar-refractivity contribution is 5.88. The van der Waals surface area contributed by atoms with Crippen molar-refractivity contribution in [2.75, 3.05) is 26.8 Å². The van der Waals surface area contributed by atoms with Gasteiger partial charge in [-0.2, -0.15) is 0 Å². The van der Waals surface area contributed by atoms with Gasteiger partial charge >= 0.3 is 5.69 Å². The number of amides is 2. The van der Waals surface area contributed by atoms with Crippen LogP contribution in [0.5, 0.6) is 11.5 Å². The van der Waals surface area contributed by atoms with Crippen molar-refractivity contribution in [3.05, 3.63) is 64.2 Å². The third-order valence-corrected chi connectivity index (χ3v) is 5.05. The first-order chi connectivity index (χ1) is 15.7. The molecule has 2 aromatic rings. The molecule has 178 valence electrons. The Hall–Kier alpha value is -3.62. The Bertz CT molecular complexity index is 948. The van der Waals surface area contributed by atoms with E-state index in [1.54, 1.807) is 6.92 Å². The largest absolute Gasteiger partial charge is 0.490 e. The highest BCUT2D eigenvalue weighted by atomic mass is 16.6. The number of nitro benzene ring substituents is 1. The number of nitrogens with one attached hydrogen (secondary N) is 1. The van der Waals surface area contributed by atoms with E-state index >= 15 is 0 Å². The lowest BCUT2D eigenvalue weighted by Crippen LogP contribution is -2.50. The number of nitrogens with zero attached hydrogens (tertiary/aromatic N) is 2. The van der Waals surface area contributed by atoms with Crippen molar-refractivity contribution in [3.8, 4) is 11.5 Å². The molecule has 0 unspecified atom stereocenters.